The molecular weight excluding hydrogens is 599 g/mol. The molecule has 4 heterocycles. The number of aromatic nitrogens is 4. The number of aromatic hydroxyl groups is 1. The van der Waals surface area contributed by atoms with Crippen LogP contribution in [0, 0.1) is 0 Å². The Hall–Kier alpha value is -3.00. The Morgan fingerprint density at radius 3 is 2.17 bits per heavy atom. The summed E-state index contributed by atoms with van der Waals surface area (Å²) in [6.45, 7) is 2.54. The number of benzene rings is 1. The molecule has 0 saturated carbocycles. The van der Waals surface area contributed by atoms with Crippen LogP contribution >= 0.6 is 36.4 Å². The fraction of sp³-hybridized carbons (Fsp3) is 0.280. The minimum atomic E-state index is -3.15. The van der Waals surface area contributed by atoms with E-state index in [-0.39, 0.29) is 35.7 Å². The fourth-order valence-electron chi connectivity index (χ4n) is 4.18. The molecule has 3 aromatic rings. The molecular formula is C25H31Cl3N8O3S. The van der Waals surface area contributed by atoms with Gasteiger partial charge in [-0.3, -0.25) is 0 Å². The standard InChI is InChI=1S/C15H16N4O.C10H13ClN4O2S.2ClH/c16-15-12(10-5-7-17-8-6-10)9-13(18-19-15)11-3-1-2-4-14(11)20;1-18(16,17)15-4-2-7(3-5-15)8-6-9(11)13-14-10(8)12;;/h1-5,9,17,20H,6-8H2,(H2,16,19);2,6H,3-5H2,1H3,(H2,12,14);2*1H. The monoisotopic (exact) mass is 628 g/mol. The highest BCUT2D eigenvalue weighted by Crippen LogP contribution is 2.31. The molecule has 0 aliphatic carbocycles. The Balaban J connectivity index is 0.000000268. The zero-order valence-corrected chi connectivity index (χ0v) is 24.8. The lowest BCUT2D eigenvalue weighted by Gasteiger charge is -2.24. The normalized spacial score (nSPS) is 15.3. The maximum Gasteiger partial charge on any atom is 0.211 e. The summed E-state index contributed by atoms with van der Waals surface area (Å²) in [6, 6.07) is 10.6. The van der Waals surface area contributed by atoms with E-state index in [2.05, 4.69) is 31.8 Å². The molecule has 1 aromatic carbocycles. The van der Waals surface area contributed by atoms with Gasteiger partial charge >= 0.3 is 0 Å². The third-order valence-corrected chi connectivity index (χ3v) is 7.65. The number of phenolic OH excluding ortho intramolecular Hbond substituents is 1. The molecule has 0 bridgehead atoms. The number of halogens is 3. The predicted octanol–water partition coefficient (Wildman–Crippen LogP) is 3.41. The number of rotatable bonds is 4. The minimum absolute atomic E-state index is 0. The number of sulfonamides is 1. The molecule has 216 valence electrons. The molecule has 0 spiro atoms. The second kappa shape index (κ2) is 14.6. The first-order valence-corrected chi connectivity index (χ1v) is 14.1. The summed E-state index contributed by atoms with van der Waals surface area (Å²) < 4.78 is 24.2. The fourth-order valence-corrected chi connectivity index (χ4v) is 5.09. The lowest BCUT2D eigenvalue weighted by Crippen LogP contribution is -2.33. The van der Waals surface area contributed by atoms with Gasteiger partial charge in [-0.1, -0.05) is 35.9 Å². The molecule has 40 heavy (non-hydrogen) atoms. The van der Waals surface area contributed by atoms with Gasteiger partial charge in [0.05, 0.1) is 11.9 Å². The van der Waals surface area contributed by atoms with Gasteiger partial charge in [-0.2, -0.15) is 4.31 Å². The Bertz CT molecular complexity index is 1500. The second-order valence-corrected chi connectivity index (χ2v) is 11.2. The van der Waals surface area contributed by atoms with Crippen LogP contribution in [-0.4, -0.2) is 70.7 Å². The first-order valence-electron chi connectivity index (χ1n) is 11.9. The van der Waals surface area contributed by atoms with Gasteiger partial charge in [0, 0.05) is 36.3 Å². The molecule has 11 nitrogen and oxygen atoms in total. The van der Waals surface area contributed by atoms with Crippen LogP contribution in [-0.2, 0) is 10.0 Å². The third kappa shape index (κ3) is 8.26. The summed E-state index contributed by atoms with van der Waals surface area (Å²) in [5.74, 6) is 0.924. The lowest BCUT2D eigenvalue weighted by molar-refractivity contribution is 0.446. The van der Waals surface area contributed by atoms with Crippen molar-refractivity contribution in [1.29, 1.82) is 0 Å². The quantitative estimate of drug-likeness (QED) is 0.335. The second-order valence-electron chi connectivity index (χ2n) is 8.80. The molecule has 2 aromatic heterocycles. The van der Waals surface area contributed by atoms with Gasteiger partial charge in [-0.05, 0) is 54.8 Å². The molecule has 0 saturated heterocycles. The Morgan fingerprint density at radius 2 is 1.57 bits per heavy atom. The zero-order chi connectivity index (χ0) is 27.3. The Kier molecular flexibility index (Phi) is 12.1. The van der Waals surface area contributed by atoms with Gasteiger partial charge in [-0.15, -0.1) is 45.2 Å². The summed E-state index contributed by atoms with van der Waals surface area (Å²) in [5.41, 5.74) is 16.7. The summed E-state index contributed by atoms with van der Waals surface area (Å²) in [7, 11) is -3.15. The van der Waals surface area contributed by atoms with Crippen molar-refractivity contribution in [3.05, 3.63) is 64.8 Å². The van der Waals surface area contributed by atoms with Crippen molar-refractivity contribution >= 4 is 69.2 Å². The molecule has 5 rings (SSSR count). The van der Waals surface area contributed by atoms with Crippen LogP contribution in [0.15, 0.2) is 48.6 Å². The maximum absolute atomic E-state index is 11.4. The highest BCUT2D eigenvalue weighted by Gasteiger charge is 2.21. The summed E-state index contributed by atoms with van der Waals surface area (Å²) in [6.07, 6.45) is 6.64. The average molecular weight is 630 g/mol. The SMILES string of the molecule is CS(=O)(=O)N1CC=C(c2cc(Cl)nnc2N)CC1.Cl.Cl.Nc1nnc(-c2ccccc2O)cc1C1=CCNCC1. The van der Waals surface area contributed by atoms with Crippen LogP contribution in [0.5, 0.6) is 5.75 Å². The van der Waals surface area contributed by atoms with Crippen LogP contribution in [0.25, 0.3) is 22.4 Å². The number of nitrogens with zero attached hydrogens (tertiary/aromatic N) is 5. The van der Waals surface area contributed by atoms with E-state index in [0.29, 0.717) is 42.4 Å². The van der Waals surface area contributed by atoms with Crippen LogP contribution in [0.1, 0.15) is 24.0 Å². The molecule has 2 aliphatic rings. The number of phenols is 1. The topological polar surface area (TPSA) is 173 Å². The lowest BCUT2D eigenvalue weighted by atomic mass is 9.99. The maximum atomic E-state index is 11.4. The Labute approximate surface area is 250 Å². The zero-order valence-electron chi connectivity index (χ0n) is 21.6. The van der Waals surface area contributed by atoms with Crippen LogP contribution in [0.2, 0.25) is 5.15 Å². The summed E-state index contributed by atoms with van der Waals surface area (Å²) in [5, 5.41) is 29.0. The predicted molar refractivity (Wildman–Crippen MR) is 164 cm³/mol. The molecule has 15 heteroatoms. The number of nitrogens with one attached hydrogen (secondary N) is 1. The van der Waals surface area contributed by atoms with E-state index in [4.69, 9.17) is 23.1 Å². The Morgan fingerprint density at radius 1 is 0.925 bits per heavy atom. The van der Waals surface area contributed by atoms with Crippen molar-refractivity contribution in [3.8, 4) is 17.0 Å². The van der Waals surface area contributed by atoms with E-state index in [1.165, 1.54) is 16.1 Å². The van der Waals surface area contributed by atoms with Crippen molar-refractivity contribution in [2.45, 2.75) is 12.8 Å². The van der Waals surface area contributed by atoms with Gasteiger partial charge in [0.2, 0.25) is 10.0 Å². The minimum Gasteiger partial charge on any atom is -0.507 e. The van der Waals surface area contributed by atoms with E-state index in [0.717, 1.165) is 36.2 Å². The van der Waals surface area contributed by atoms with Gasteiger partial charge < -0.3 is 21.9 Å². The number of hydrogen-bond acceptors (Lipinski definition) is 10. The van der Waals surface area contributed by atoms with Gasteiger partial charge in [0.1, 0.15) is 5.75 Å². The number of hydrogen-bond donors (Lipinski definition) is 4. The first-order chi connectivity index (χ1) is 18.1. The highest BCUT2D eigenvalue weighted by atomic mass is 35.5. The van der Waals surface area contributed by atoms with Gasteiger partial charge in [-0.25, -0.2) is 8.42 Å². The molecule has 0 atom stereocenters. The van der Waals surface area contributed by atoms with E-state index < -0.39 is 10.0 Å². The van der Waals surface area contributed by atoms with Crippen LogP contribution in [0.4, 0.5) is 11.6 Å². The van der Waals surface area contributed by atoms with Crippen molar-refractivity contribution in [2.24, 2.45) is 0 Å². The van der Waals surface area contributed by atoms with E-state index in [1.807, 2.05) is 24.3 Å². The molecule has 0 radical (unpaired) electrons. The van der Waals surface area contributed by atoms with Crippen LogP contribution < -0.4 is 16.8 Å². The first kappa shape index (κ1) is 33.2. The van der Waals surface area contributed by atoms with E-state index in [1.54, 1.807) is 18.2 Å². The van der Waals surface area contributed by atoms with Crippen molar-refractivity contribution in [2.75, 3.05) is 43.9 Å². The van der Waals surface area contributed by atoms with Gasteiger partial charge in [0.15, 0.2) is 16.8 Å². The summed E-state index contributed by atoms with van der Waals surface area (Å²) >= 11 is 5.77. The molecule has 2 aliphatic heterocycles. The number of anilines is 2. The summed E-state index contributed by atoms with van der Waals surface area (Å²) in [4.78, 5) is 0. The largest absolute Gasteiger partial charge is 0.507 e. The molecule has 6 N–H and O–H groups in total. The number of nitrogen functional groups attached to an aromatic ring is 2. The molecule has 0 amide bonds. The van der Waals surface area contributed by atoms with E-state index >= 15 is 0 Å². The number of para-hydroxylation sites is 1. The highest BCUT2D eigenvalue weighted by molar-refractivity contribution is 7.88. The van der Waals surface area contributed by atoms with E-state index in [9.17, 15) is 13.5 Å². The number of nitrogens with two attached hydrogens (primary N) is 2. The molecule has 0 fully saturated rings. The smallest absolute Gasteiger partial charge is 0.211 e. The molecule has 0 unspecified atom stereocenters. The van der Waals surface area contributed by atoms with Crippen molar-refractivity contribution in [1.82, 2.24) is 30.0 Å². The van der Waals surface area contributed by atoms with Crippen molar-refractivity contribution in [3.63, 3.8) is 0 Å². The van der Waals surface area contributed by atoms with Crippen molar-refractivity contribution < 1.29 is 13.5 Å². The third-order valence-electron chi connectivity index (χ3n) is 6.19. The average Bonchev–Trinajstić information content (AvgIpc) is 2.91. The van der Waals surface area contributed by atoms with Gasteiger partial charge in [0.25, 0.3) is 0 Å². The van der Waals surface area contributed by atoms with Crippen LogP contribution in [0.3, 0.4) is 0 Å².